The lowest BCUT2D eigenvalue weighted by Crippen LogP contribution is -2.06. The maximum Gasteiger partial charge on any atom is 0.301 e. The van der Waals surface area contributed by atoms with Crippen LogP contribution in [-0.4, -0.2) is 15.5 Å². The van der Waals surface area contributed by atoms with Crippen LogP contribution in [0.2, 0.25) is 5.02 Å². The van der Waals surface area contributed by atoms with E-state index >= 15 is 0 Å². The second-order valence-corrected chi connectivity index (χ2v) is 4.23. The highest BCUT2D eigenvalue weighted by atomic mass is 35.5. The molecule has 1 aromatic carbocycles. The molecular weight excluding hydrogens is 219 g/mol. The van der Waals surface area contributed by atoms with Gasteiger partial charge in [-0.05, 0) is 12.1 Å². The molecule has 0 N–H and O–H groups in total. The molecule has 0 aliphatic heterocycles. The molecule has 0 spiro atoms. The molecule has 1 rings (SSSR count). The second-order valence-electron chi connectivity index (χ2n) is 2.17. The molecule has 0 saturated carbocycles. The Hall–Kier alpha value is -0.650. The van der Waals surface area contributed by atoms with Gasteiger partial charge in [0.05, 0.1) is 12.1 Å². The van der Waals surface area contributed by atoms with Gasteiger partial charge in [0.1, 0.15) is 10.7 Å². The van der Waals surface area contributed by atoms with Crippen molar-refractivity contribution in [3.05, 3.63) is 29.0 Å². The zero-order valence-corrected chi connectivity index (χ0v) is 8.19. The van der Waals surface area contributed by atoms with E-state index in [4.69, 9.17) is 11.6 Å². The average Bonchev–Trinajstić information content (AvgIpc) is 2.03. The van der Waals surface area contributed by atoms with Crippen molar-refractivity contribution in [3.63, 3.8) is 0 Å². The molecule has 0 atom stereocenters. The summed E-state index contributed by atoms with van der Waals surface area (Å²) in [4.78, 5) is -0.626. The van der Waals surface area contributed by atoms with Crippen LogP contribution in [0, 0.1) is 5.82 Å². The number of hydrogen-bond acceptors (Lipinski definition) is 3. The Balaban J connectivity index is 3.46. The normalized spacial score (nSPS) is 11.6. The van der Waals surface area contributed by atoms with Crippen molar-refractivity contribution in [1.29, 1.82) is 0 Å². The molecule has 0 bridgehead atoms. The zero-order chi connectivity index (χ0) is 10.1. The van der Waals surface area contributed by atoms with E-state index in [1.54, 1.807) is 0 Å². The smallest absolute Gasteiger partial charge is 0.270 e. The molecule has 0 amide bonds. The van der Waals surface area contributed by atoms with Gasteiger partial charge in [-0.3, -0.25) is 4.18 Å². The summed E-state index contributed by atoms with van der Waals surface area (Å²) in [5, 5.41) is -0.193. The predicted molar refractivity (Wildman–Crippen MR) is 45.6 cm³/mol. The van der Waals surface area contributed by atoms with Gasteiger partial charge in [-0.15, -0.1) is 0 Å². The van der Waals surface area contributed by atoms with Crippen LogP contribution in [0.4, 0.5) is 4.39 Å². The number of hydrogen-bond donors (Lipinski definition) is 0. The van der Waals surface area contributed by atoms with Crippen LogP contribution >= 0.6 is 11.6 Å². The minimum Gasteiger partial charge on any atom is -0.270 e. The van der Waals surface area contributed by atoms with Crippen LogP contribution < -0.4 is 0 Å². The standard InChI is InChI=1S/C7H6ClFO3S/c1-12-13(10,11)7-5(8)3-2-4-6(7)9/h2-4H,1H3. The molecule has 0 aliphatic carbocycles. The van der Waals surface area contributed by atoms with Crippen molar-refractivity contribution >= 4 is 21.7 Å². The lowest BCUT2D eigenvalue weighted by atomic mass is 10.3. The van der Waals surface area contributed by atoms with E-state index in [1.165, 1.54) is 12.1 Å². The third-order valence-corrected chi connectivity index (χ3v) is 3.17. The molecule has 0 saturated heterocycles. The highest BCUT2D eigenvalue weighted by Gasteiger charge is 2.21. The van der Waals surface area contributed by atoms with Crippen LogP contribution in [0.3, 0.4) is 0 Å². The van der Waals surface area contributed by atoms with Crippen LogP contribution in [-0.2, 0) is 14.3 Å². The molecule has 0 radical (unpaired) electrons. The van der Waals surface area contributed by atoms with Gasteiger partial charge < -0.3 is 0 Å². The lowest BCUT2D eigenvalue weighted by Gasteiger charge is -2.03. The summed E-state index contributed by atoms with van der Waals surface area (Å²) in [7, 11) is -3.12. The van der Waals surface area contributed by atoms with E-state index in [9.17, 15) is 12.8 Å². The Bertz CT molecular complexity index is 395. The Kier molecular flexibility index (Phi) is 2.90. The third kappa shape index (κ3) is 1.99. The topological polar surface area (TPSA) is 43.4 Å². The van der Waals surface area contributed by atoms with E-state index in [0.29, 0.717) is 0 Å². The Morgan fingerprint density at radius 3 is 2.54 bits per heavy atom. The fourth-order valence-electron chi connectivity index (χ4n) is 0.805. The monoisotopic (exact) mass is 224 g/mol. The van der Waals surface area contributed by atoms with E-state index in [1.807, 2.05) is 0 Å². The molecule has 0 aliphatic rings. The fraction of sp³-hybridized carbons (Fsp3) is 0.143. The first kappa shape index (κ1) is 10.4. The molecule has 0 aromatic heterocycles. The summed E-state index contributed by atoms with van der Waals surface area (Å²) in [5.41, 5.74) is 0. The zero-order valence-electron chi connectivity index (χ0n) is 6.62. The first-order valence-electron chi connectivity index (χ1n) is 3.23. The van der Waals surface area contributed by atoms with Gasteiger partial charge >= 0.3 is 10.1 Å². The molecule has 13 heavy (non-hydrogen) atoms. The predicted octanol–water partition coefficient (Wildman–Crippen LogP) is 1.81. The van der Waals surface area contributed by atoms with Crippen LogP contribution in [0.15, 0.2) is 23.1 Å². The van der Waals surface area contributed by atoms with Gasteiger partial charge in [-0.2, -0.15) is 8.42 Å². The molecule has 72 valence electrons. The molecule has 0 fully saturated rings. The minimum absolute atomic E-state index is 0.193. The summed E-state index contributed by atoms with van der Waals surface area (Å²) in [6.45, 7) is 0. The van der Waals surface area contributed by atoms with Crippen LogP contribution in [0.1, 0.15) is 0 Å². The van der Waals surface area contributed by atoms with Gasteiger partial charge in [-0.25, -0.2) is 4.39 Å². The van der Waals surface area contributed by atoms with E-state index < -0.39 is 20.8 Å². The molecular formula is C7H6ClFO3S. The van der Waals surface area contributed by atoms with E-state index in [2.05, 4.69) is 4.18 Å². The van der Waals surface area contributed by atoms with Crippen molar-refractivity contribution in [3.8, 4) is 0 Å². The summed E-state index contributed by atoms with van der Waals surface area (Å²) in [5.74, 6) is -0.922. The Labute approximate surface area is 80.2 Å². The summed E-state index contributed by atoms with van der Waals surface area (Å²) in [6.07, 6.45) is 0. The third-order valence-electron chi connectivity index (χ3n) is 1.39. The fourth-order valence-corrected chi connectivity index (χ4v) is 2.03. The minimum atomic E-state index is -4.07. The summed E-state index contributed by atoms with van der Waals surface area (Å²) in [6, 6.07) is 3.58. The highest BCUT2D eigenvalue weighted by Crippen LogP contribution is 2.25. The maximum atomic E-state index is 13.0. The van der Waals surface area contributed by atoms with E-state index in [0.717, 1.165) is 13.2 Å². The Morgan fingerprint density at radius 2 is 2.08 bits per heavy atom. The highest BCUT2D eigenvalue weighted by molar-refractivity contribution is 7.86. The van der Waals surface area contributed by atoms with Gasteiger partial charge in [0, 0.05) is 0 Å². The number of halogens is 2. The van der Waals surface area contributed by atoms with Crippen molar-refractivity contribution < 1.29 is 17.0 Å². The molecule has 3 nitrogen and oxygen atoms in total. The number of benzene rings is 1. The molecule has 0 unspecified atom stereocenters. The van der Waals surface area contributed by atoms with Gasteiger partial charge in [0.25, 0.3) is 0 Å². The Morgan fingerprint density at radius 1 is 1.46 bits per heavy atom. The van der Waals surface area contributed by atoms with Crippen molar-refractivity contribution in [2.45, 2.75) is 4.90 Å². The lowest BCUT2D eigenvalue weighted by molar-refractivity contribution is 0.393. The number of rotatable bonds is 2. The first-order valence-corrected chi connectivity index (χ1v) is 5.02. The van der Waals surface area contributed by atoms with Gasteiger partial charge in [-0.1, -0.05) is 17.7 Å². The second kappa shape index (κ2) is 3.61. The summed E-state index contributed by atoms with van der Waals surface area (Å²) < 4.78 is 39.3. The largest absolute Gasteiger partial charge is 0.301 e. The van der Waals surface area contributed by atoms with Crippen molar-refractivity contribution in [2.75, 3.05) is 7.11 Å². The van der Waals surface area contributed by atoms with Gasteiger partial charge in [0.15, 0.2) is 0 Å². The van der Waals surface area contributed by atoms with Crippen molar-refractivity contribution in [2.24, 2.45) is 0 Å². The maximum absolute atomic E-state index is 13.0. The van der Waals surface area contributed by atoms with Crippen LogP contribution in [0.25, 0.3) is 0 Å². The van der Waals surface area contributed by atoms with E-state index in [-0.39, 0.29) is 5.02 Å². The quantitative estimate of drug-likeness (QED) is 0.720. The summed E-state index contributed by atoms with van der Waals surface area (Å²) >= 11 is 5.49. The molecule has 0 heterocycles. The van der Waals surface area contributed by atoms with Gasteiger partial charge in [0.2, 0.25) is 0 Å². The average molecular weight is 225 g/mol. The first-order chi connectivity index (χ1) is 5.99. The SMILES string of the molecule is COS(=O)(=O)c1c(F)cccc1Cl. The van der Waals surface area contributed by atoms with Crippen molar-refractivity contribution in [1.82, 2.24) is 0 Å². The molecule has 6 heteroatoms. The van der Waals surface area contributed by atoms with Crippen LogP contribution in [0.5, 0.6) is 0 Å². The molecule has 1 aromatic rings.